The first-order valence-electron chi connectivity index (χ1n) is 10.5. The van der Waals surface area contributed by atoms with Gasteiger partial charge in [0.1, 0.15) is 23.7 Å². The maximum Gasteiger partial charge on any atom is 0.343 e. The predicted molar refractivity (Wildman–Crippen MR) is 130 cm³/mol. The average Bonchev–Trinajstić information content (AvgIpc) is 2.83. The Morgan fingerprint density at radius 2 is 1.82 bits per heavy atom. The number of benzene rings is 3. The molecule has 3 aromatic carbocycles. The molecule has 0 saturated heterocycles. The molecule has 0 fully saturated rings. The molecular formula is C26H20Cl2FNO4. The molecule has 4 aromatic rings. The summed E-state index contributed by atoms with van der Waals surface area (Å²) < 4.78 is 26.0. The molecule has 174 valence electrons. The van der Waals surface area contributed by atoms with Gasteiger partial charge in [0, 0.05) is 18.3 Å². The van der Waals surface area contributed by atoms with Gasteiger partial charge in [-0.2, -0.15) is 0 Å². The minimum Gasteiger partial charge on any atom is -0.489 e. The van der Waals surface area contributed by atoms with Crippen LogP contribution in [0.25, 0.3) is 10.9 Å². The molecule has 4 rings (SSSR count). The Balaban J connectivity index is 1.75. The van der Waals surface area contributed by atoms with Gasteiger partial charge in [0.2, 0.25) is 5.43 Å². The van der Waals surface area contributed by atoms with Gasteiger partial charge < -0.3 is 14.0 Å². The van der Waals surface area contributed by atoms with E-state index in [0.717, 1.165) is 5.56 Å². The molecule has 0 bridgehead atoms. The van der Waals surface area contributed by atoms with Crippen LogP contribution in [0.5, 0.6) is 5.75 Å². The van der Waals surface area contributed by atoms with E-state index in [1.165, 1.54) is 18.3 Å². The van der Waals surface area contributed by atoms with E-state index < -0.39 is 11.4 Å². The van der Waals surface area contributed by atoms with E-state index in [9.17, 15) is 14.0 Å². The van der Waals surface area contributed by atoms with Crippen LogP contribution in [-0.2, 0) is 17.9 Å². The quantitative estimate of drug-likeness (QED) is 0.282. The maximum atomic E-state index is 13.3. The van der Waals surface area contributed by atoms with Crippen molar-refractivity contribution >= 4 is 40.1 Å². The molecule has 1 heterocycles. The number of fused-ring (bicyclic) bond motifs is 1. The second kappa shape index (κ2) is 10.3. The Kier molecular flexibility index (Phi) is 7.20. The van der Waals surface area contributed by atoms with Gasteiger partial charge in [0.25, 0.3) is 0 Å². The first-order valence-corrected chi connectivity index (χ1v) is 11.3. The van der Waals surface area contributed by atoms with Crippen LogP contribution < -0.4 is 10.2 Å². The molecule has 0 spiro atoms. The molecule has 5 nitrogen and oxygen atoms in total. The van der Waals surface area contributed by atoms with Crippen molar-refractivity contribution in [1.29, 1.82) is 0 Å². The zero-order valence-corrected chi connectivity index (χ0v) is 19.7. The lowest BCUT2D eigenvalue weighted by molar-refractivity contribution is 0.0524. The summed E-state index contributed by atoms with van der Waals surface area (Å²) in [6.07, 6.45) is 1.47. The fourth-order valence-electron chi connectivity index (χ4n) is 3.56. The van der Waals surface area contributed by atoms with Crippen LogP contribution in [0, 0.1) is 5.82 Å². The molecule has 1 aromatic heterocycles. The summed E-state index contributed by atoms with van der Waals surface area (Å²) >= 11 is 12.3. The van der Waals surface area contributed by atoms with E-state index in [2.05, 4.69) is 0 Å². The summed E-state index contributed by atoms with van der Waals surface area (Å²) in [6.45, 7) is 2.27. The lowest BCUT2D eigenvalue weighted by atomic mass is 10.1. The van der Waals surface area contributed by atoms with Crippen molar-refractivity contribution < 1.29 is 18.7 Å². The van der Waals surface area contributed by atoms with Crippen LogP contribution in [-0.4, -0.2) is 17.1 Å². The third-order valence-electron chi connectivity index (χ3n) is 5.24. The number of pyridine rings is 1. The molecule has 34 heavy (non-hydrogen) atoms. The first-order chi connectivity index (χ1) is 16.4. The first kappa shape index (κ1) is 23.8. The average molecular weight is 500 g/mol. The van der Waals surface area contributed by atoms with E-state index >= 15 is 0 Å². The smallest absolute Gasteiger partial charge is 0.343 e. The van der Waals surface area contributed by atoms with Crippen molar-refractivity contribution in [3.05, 3.63) is 110 Å². The number of carbonyl (C=O) groups excluding carboxylic acids is 1. The Morgan fingerprint density at radius 3 is 2.56 bits per heavy atom. The number of aromatic nitrogens is 1. The van der Waals surface area contributed by atoms with Crippen molar-refractivity contribution in [2.24, 2.45) is 0 Å². The lowest BCUT2D eigenvalue weighted by Gasteiger charge is -2.15. The molecule has 0 amide bonds. The Morgan fingerprint density at radius 1 is 1.06 bits per heavy atom. The van der Waals surface area contributed by atoms with Crippen molar-refractivity contribution in [2.45, 2.75) is 20.1 Å². The number of hydrogen-bond donors (Lipinski definition) is 0. The molecular weight excluding hydrogens is 480 g/mol. The van der Waals surface area contributed by atoms with E-state index in [0.29, 0.717) is 38.8 Å². The van der Waals surface area contributed by atoms with Gasteiger partial charge in [-0.1, -0.05) is 47.5 Å². The minimum atomic E-state index is -0.709. The molecule has 0 unspecified atom stereocenters. The number of esters is 1. The van der Waals surface area contributed by atoms with Gasteiger partial charge in [-0.3, -0.25) is 4.79 Å². The standard InChI is InChI=1S/C26H20Cl2FNO4/c1-2-33-26(32)21-14-30(13-16-6-8-18(29)9-7-16)23-11-10-19(12-20(23)25(21)31)34-15-17-4-3-5-22(27)24(17)28/h3-12,14H,2,13,15H2,1H3. The third-order valence-corrected chi connectivity index (χ3v) is 6.10. The van der Waals surface area contributed by atoms with Crippen LogP contribution in [0.1, 0.15) is 28.4 Å². The van der Waals surface area contributed by atoms with E-state index in [1.807, 2.05) is 0 Å². The number of carbonyl (C=O) groups is 1. The number of ether oxygens (including phenoxy) is 2. The van der Waals surface area contributed by atoms with Gasteiger partial charge in [-0.15, -0.1) is 0 Å². The third kappa shape index (κ3) is 5.08. The van der Waals surface area contributed by atoms with Gasteiger partial charge >= 0.3 is 5.97 Å². The monoisotopic (exact) mass is 499 g/mol. The zero-order chi connectivity index (χ0) is 24.2. The fraction of sp³-hybridized carbons (Fsp3) is 0.154. The van der Waals surface area contributed by atoms with Crippen LogP contribution in [0.3, 0.4) is 0 Å². The van der Waals surface area contributed by atoms with Crippen LogP contribution in [0.2, 0.25) is 10.0 Å². The number of nitrogens with zero attached hydrogens (tertiary/aromatic N) is 1. The Bertz CT molecular complexity index is 1420. The molecule has 0 aliphatic heterocycles. The van der Waals surface area contributed by atoms with E-state index in [1.54, 1.807) is 60.0 Å². The largest absolute Gasteiger partial charge is 0.489 e. The molecule has 0 saturated carbocycles. The number of rotatable bonds is 7. The summed E-state index contributed by atoms with van der Waals surface area (Å²) in [4.78, 5) is 25.6. The highest BCUT2D eigenvalue weighted by Crippen LogP contribution is 2.27. The van der Waals surface area contributed by atoms with Gasteiger partial charge in [0.05, 0.1) is 27.6 Å². The van der Waals surface area contributed by atoms with Crippen LogP contribution in [0.15, 0.2) is 71.7 Å². The summed E-state index contributed by atoms with van der Waals surface area (Å²) in [5, 5.41) is 1.11. The zero-order valence-electron chi connectivity index (χ0n) is 18.2. The molecule has 0 radical (unpaired) electrons. The summed E-state index contributed by atoms with van der Waals surface area (Å²) in [7, 11) is 0. The topological polar surface area (TPSA) is 57.5 Å². The maximum absolute atomic E-state index is 13.3. The fourth-order valence-corrected chi connectivity index (χ4v) is 3.93. The van der Waals surface area contributed by atoms with E-state index in [-0.39, 0.29) is 24.6 Å². The molecule has 0 atom stereocenters. The van der Waals surface area contributed by atoms with E-state index in [4.69, 9.17) is 32.7 Å². The summed E-state index contributed by atoms with van der Waals surface area (Å²) in [6, 6.07) is 16.3. The van der Waals surface area contributed by atoms with Crippen molar-refractivity contribution in [3.63, 3.8) is 0 Å². The lowest BCUT2D eigenvalue weighted by Crippen LogP contribution is -2.21. The van der Waals surface area contributed by atoms with Crippen molar-refractivity contribution in [2.75, 3.05) is 6.61 Å². The van der Waals surface area contributed by atoms with Gasteiger partial charge in [-0.05, 0) is 48.9 Å². The second-order valence-electron chi connectivity index (χ2n) is 7.53. The summed E-state index contributed by atoms with van der Waals surface area (Å²) in [5.74, 6) is -0.628. The predicted octanol–water partition coefficient (Wildman–Crippen LogP) is 6.25. The second-order valence-corrected chi connectivity index (χ2v) is 8.31. The number of halogens is 3. The van der Waals surface area contributed by atoms with Crippen LogP contribution in [0.4, 0.5) is 4.39 Å². The van der Waals surface area contributed by atoms with Crippen molar-refractivity contribution in [1.82, 2.24) is 4.57 Å². The SMILES string of the molecule is CCOC(=O)c1cn(Cc2ccc(F)cc2)c2ccc(OCc3cccc(Cl)c3Cl)cc2c1=O. The highest BCUT2D eigenvalue weighted by Gasteiger charge is 2.17. The molecule has 0 N–H and O–H groups in total. The molecule has 0 aliphatic carbocycles. The molecule has 8 heteroatoms. The van der Waals surface area contributed by atoms with Gasteiger partial charge in [0.15, 0.2) is 0 Å². The van der Waals surface area contributed by atoms with Crippen molar-refractivity contribution in [3.8, 4) is 5.75 Å². The highest BCUT2D eigenvalue weighted by atomic mass is 35.5. The number of hydrogen-bond acceptors (Lipinski definition) is 4. The Labute approximate surface area is 205 Å². The van der Waals surface area contributed by atoms with Gasteiger partial charge in [-0.25, -0.2) is 9.18 Å². The Hall–Kier alpha value is -3.35. The summed E-state index contributed by atoms with van der Waals surface area (Å²) in [5.41, 5.74) is 1.54. The normalized spacial score (nSPS) is 10.9. The minimum absolute atomic E-state index is 0.0912. The highest BCUT2D eigenvalue weighted by molar-refractivity contribution is 6.42. The molecule has 0 aliphatic rings. The van der Waals surface area contributed by atoms with Crippen LogP contribution >= 0.6 is 23.2 Å².